The lowest BCUT2D eigenvalue weighted by Gasteiger charge is -2.34. The van der Waals surface area contributed by atoms with Crippen LogP contribution in [0.2, 0.25) is 0 Å². The summed E-state index contributed by atoms with van der Waals surface area (Å²) >= 11 is 1.72. The van der Waals surface area contributed by atoms with E-state index < -0.39 is 0 Å². The van der Waals surface area contributed by atoms with Crippen molar-refractivity contribution in [1.82, 2.24) is 10.2 Å². The number of ether oxygens (including phenoxy) is 2. The fourth-order valence-corrected chi connectivity index (χ4v) is 4.28. The van der Waals surface area contributed by atoms with Crippen molar-refractivity contribution in [3.05, 3.63) is 82.6 Å². The van der Waals surface area contributed by atoms with Crippen molar-refractivity contribution in [3.63, 3.8) is 0 Å². The number of nitrogens with one attached hydrogen (secondary N) is 1. The summed E-state index contributed by atoms with van der Waals surface area (Å²) in [5, 5.41) is 5.19. The zero-order valence-corrected chi connectivity index (χ0v) is 16.9. The molecule has 6 heteroatoms. The van der Waals surface area contributed by atoms with Gasteiger partial charge in [0.2, 0.25) is 0 Å². The predicted octanol–water partition coefficient (Wildman–Crippen LogP) is 4.34. The zero-order valence-electron chi connectivity index (χ0n) is 16.1. The van der Waals surface area contributed by atoms with Crippen molar-refractivity contribution in [2.75, 3.05) is 32.8 Å². The molecule has 2 aromatic carbocycles. The van der Waals surface area contributed by atoms with E-state index in [2.05, 4.69) is 27.7 Å². The summed E-state index contributed by atoms with van der Waals surface area (Å²) in [6.45, 7) is 3.73. The number of hydrogen-bond donors (Lipinski definition) is 1. The van der Waals surface area contributed by atoms with Crippen LogP contribution in [0.3, 0.4) is 0 Å². The minimum atomic E-state index is -0.133. The number of benzene rings is 2. The van der Waals surface area contributed by atoms with E-state index >= 15 is 0 Å². The molecule has 1 aliphatic rings. The molecule has 0 radical (unpaired) electrons. The van der Waals surface area contributed by atoms with Gasteiger partial charge in [0.25, 0.3) is 5.91 Å². The molecule has 0 bridgehead atoms. The Hall–Kier alpha value is -2.67. The lowest BCUT2D eigenvalue weighted by molar-refractivity contribution is 0.0169. The van der Waals surface area contributed by atoms with E-state index in [0.717, 1.165) is 26.3 Å². The Morgan fingerprint density at radius 3 is 2.55 bits per heavy atom. The lowest BCUT2D eigenvalue weighted by Crippen LogP contribution is -2.43. The first kappa shape index (κ1) is 19.6. The first-order valence-corrected chi connectivity index (χ1v) is 10.6. The maximum absolute atomic E-state index is 13.0. The van der Waals surface area contributed by atoms with Crippen LogP contribution in [-0.4, -0.2) is 43.7 Å². The second kappa shape index (κ2) is 9.69. The molecule has 5 nitrogen and oxygen atoms in total. The molecule has 1 amide bonds. The van der Waals surface area contributed by atoms with Crippen LogP contribution in [0.5, 0.6) is 11.5 Å². The molecule has 2 heterocycles. The Balaban J connectivity index is 1.47. The molecule has 150 valence electrons. The average Bonchev–Trinajstić information content (AvgIpc) is 3.30. The Morgan fingerprint density at radius 1 is 1.03 bits per heavy atom. The van der Waals surface area contributed by atoms with E-state index in [9.17, 15) is 4.79 Å². The number of morpholine rings is 1. The molecule has 0 saturated carbocycles. The van der Waals surface area contributed by atoms with E-state index in [1.54, 1.807) is 17.4 Å². The topological polar surface area (TPSA) is 50.8 Å². The van der Waals surface area contributed by atoms with Crippen LogP contribution in [0, 0.1) is 0 Å². The van der Waals surface area contributed by atoms with Crippen LogP contribution < -0.4 is 10.1 Å². The highest BCUT2D eigenvalue weighted by molar-refractivity contribution is 7.10. The fraction of sp³-hybridized carbons (Fsp3) is 0.261. The number of hydrogen-bond acceptors (Lipinski definition) is 5. The van der Waals surface area contributed by atoms with Gasteiger partial charge < -0.3 is 14.8 Å². The van der Waals surface area contributed by atoms with Crippen LogP contribution >= 0.6 is 11.3 Å². The summed E-state index contributed by atoms with van der Waals surface area (Å²) in [4.78, 5) is 16.6. The Bertz CT molecular complexity index is 909. The SMILES string of the molecule is O=C(NC[C@H](c1cccs1)N1CCOCC1)c1ccccc1Oc1ccccc1. The summed E-state index contributed by atoms with van der Waals surface area (Å²) in [5.74, 6) is 1.12. The van der Waals surface area contributed by atoms with Crippen LogP contribution in [0.15, 0.2) is 72.1 Å². The predicted molar refractivity (Wildman–Crippen MR) is 115 cm³/mol. The van der Waals surface area contributed by atoms with Gasteiger partial charge in [-0.25, -0.2) is 0 Å². The molecule has 0 unspecified atom stereocenters. The summed E-state index contributed by atoms with van der Waals surface area (Å²) in [6.07, 6.45) is 0. The van der Waals surface area contributed by atoms with Gasteiger partial charge in [-0.1, -0.05) is 36.4 Å². The van der Waals surface area contributed by atoms with Crippen molar-refractivity contribution in [2.45, 2.75) is 6.04 Å². The number of carbonyl (C=O) groups is 1. The van der Waals surface area contributed by atoms with Gasteiger partial charge in [0.15, 0.2) is 0 Å². The lowest BCUT2D eigenvalue weighted by atomic mass is 10.1. The number of amides is 1. The number of rotatable bonds is 7. The summed E-state index contributed by atoms with van der Waals surface area (Å²) < 4.78 is 11.4. The van der Waals surface area contributed by atoms with Crippen molar-refractivity contribution >= 4 is 17.2 Å². The van der Waals surface area contributed by atoms with Gasteiger partial charge in [0.05, 0.1) is 24.8 Å². The molecule has 3 aromatic rings. The third-order valence-electron chi connectivity index (χ3n) is 4.92. The van der Waals surface area contributed by atoms with Crippen molar-refractivity contribution in [2.24, 2.45) is 0 Å². The molecule has 1 N–H and O–H groups in total. The quantitative estimate of drug-likeness (QED) is 0.632. The standard InChI is InChI=1S/C23H24N2O3S/c26-23(19-9-4-5-10-21(19)28-18-7-2-1-3-8-18)24-17-20(22-11-6-16-29-22)25-12-14-27-15-13-25/h1-11,16,20H,12-15,17H2,(H,24,26)/t20-/m1/s1. The summed E-state index contributed by atoms with van der Waals surface area (Å²) in [6, 6.07) is 21.2. The molecule has 1 fully saturated rings. The molecule has 0 aliphatic carbocycles. The smallest absolute Gasteiger partial charge is 0.255 e. The first-order chi connectivity index (χ1) is 14.3. The van der Waals surface area contributed by atoms with Crippen molar-refractivity contribution in [3.8, 4) is 11.5 Å². The normalized spacial score (nSPS) is 15.6. The largest absolute Gasteiger partial charge is 0.457 e. The maximum Gasteiger partial charge on any atom is 0.255 e. The van der Waals surface area contributed by atoms with Crippen molar-refractivity contribution in [1.29, 1.82) is 0 Å². The highest BCUT2D eigenvalue weighted by atomic mass is 32.1. The van der Waals surface area contributed by atoms with Gasteiger partial charge in [0, 0.05) is 24.5 Å². The van der Waals surface area contributed by atoms with E-state index in [-0.39, 0.29) is 11.9 Å². The highest BCUT2D eigenvalue weighted by Crippen LogP contribution is 2.27. The van der Waals surface area contributed by atoms with E-state index in [1.807, 2.05) is 48.5 Å². The van der Waals surface area contributed by atoms with Crippen LogP contribution in [-0.2, 0) is 4.74 Å². The minimum Gasteiger partial charge on any atom is -0.457 e. The second-order valence-corrected chi connectivity index (χ2v) is 7.78. The fourth-order valence-electron chi connectivity index (χ4n) is 3.42. The minimum absolute atomic E-state index is 0.133. The van der Waals surface area contributed by atoms with Crippen LogP contribution in [0.4, 0.5) is 0 Å². The molecule has 4 rings (SSSR count). The molecule has 1 atom stereocenters. The van der Waals surface area contributed by atoms with Gasteiger partial charge in [0.1, 0.15) is 11.5 Å². The number of para-hydroxylation sites is 2. The van der Waals surface area contributed by atoms with Crippen LogP contribution in [0.1, 0.15) is 21.3 Å². The zero-order chi connectivity index (χ0) is 19.9. The average molecular weight is 409 g/mol. The number of thiophene rings is 1. The van der Waals surface area contributed by atoms with Gasteiger partial charge in [-0.05, 0) is 35.7 Å². The monoisotopic (exact) mass is 408 g/mol. The van der Waals surface area contributed by atoms with E-state index in [0.29, 0.717) is 23.6 Å². The second-order valence-electron chi connectivity index (χ2n) is 6.80. The summed E-state index contributed by atoms with van der Waals surface area (Å²) in [5.41, 5.74) is 0.531. The van der Waals surface area contributed by atoms with E-state index in [4.69, 9.17) is 9.47 Å². The first-order valence-electron chi connectivity index (χ1n) is 9.76. The molecule has 0 spiro atoms. The Kier molecular flexibility index (Phi) is 6.56. The Morgan fingerprint density at radius 2 is 1.79 bits per heavy atom. The van der Waals surface area contributed by atoms with Gasteiger partial charge >= 0.3 is 0 Å². The molecular weight excluding hydrogens is 384 g/mol. The molecular formula is C23H24N2O3S. The van der Waals surface area contributed by atoms with Gasteiger partial charge in [-0.2, -0.15) is 0 Å². The van der Waals surface area contributed by atoms with Crippen LogP contribution in [0.25, 0.3) is 0 Å². The maximum atomic E-state index is 13.0. The number of carbonyl (C=O) groups excluding carboxylic acids is 1. The van der Waals surface area contributed by atoms with Crippen molar-refractivity contribution < 1.29 is 14.3 Å². The van der Waals surface area contributed by atoms with E-state index in [1.165, 1.54) is 4.88 Å². The highest BCUT2D eigenvalue weighted by Gasteiger charge is 2.24. The molecule has 1 saturated heterocycles. The molecule has 29 heavy (non-hydrogen) atoms. The molecule has 1 aromatic heterocycles. The third kappa shape index (κ3) is 5.03. The third-order valence-corrected chi connectivity index (χ3v) is 5.89. The number of nitrogens with zero attached hydrogens (tertiary/aromatic N) is 1. The summed E-state index contributed by atoms with van der Waals surface area (Å²) in [7, 11) is 0. The Labute approximate surface area is 174 Å². The van der Waals surface area contributed by atoms with Gasteiger partial charge in [-0.15, -0.1) is 11.3 Å². The van der Waals surface area contributed by atoms with Gasteiger partial charge in [-0.3, -0.25) is 9.69 Å². The molecule has 1 aliphatic heterocycles.